The lowest BCUT2D eigenvalue weighted by atomic mass is 10.1. The van der Waals surface area contributed by atoms with E-state index in [0.29, 0.717) is 0 Å². The molecule has 0 spiro atoms. The van der Waals surface area contributed by atoms with Gasteiger partial charge in [-0.1, -0.05) is 6.92 Å². The van der Waals surface area contributed by atoms with Gasteiger partial charge in [0, 0.05) is 21.2 Å². The zero-order valence-corrected chi connectivity index (χ0v) is 11.5. The Morgan fingerprint density at radius 2 is 2.44 bits per heavy atom. The molecule has 0 saturated carbocycles. The summed E-state index contributed by atoms with van der Waals surface area (Å²) in [5.74, 6) is 1.01. The van der Waals surface area contributed by atoms with Crippen molar-refractivity contribution in [1.82, 2.24) is 5.32 Å². The van der Waals surface area contributed by atoms with Gasteiger partial charge in [-0.3, -0.25) is 0 Å². The third kappa shape index (κ3) is 2.97. The predicted octanol–water partition coefficient (Wildman–Crippen LogP) is 4.00. The third-order valence-corrected chi connectivity index (χ3v) is 4.08. The van der Waals surface area contributed by atoms with E-state index in [1.165, 1.54) is 4.88 Å². The highest BCUT2D eigenvalue weighted by atomic mass is 79.9. The van der Waals surface area contributed by atoms with Crippen molar-refractivity contribution in [2.75, 3.05) is 6.54 Å². The van der Waals surface area contributed by atoms with Gasteiger partial charge in [0.05, 0.1) is 12.3 Å². The summed E-state index contributed by atoms with van der Waals surface area (Å²) < 4.78 is 6.61. The Labute approximate surface area is 108 Å². The molecule has 2 aromatic heterocycles. The second-order valence-corrected chi connectivity index (χ2v) is 5.47. The molecule has 86 valence electrons. The van der Waals surface area contributed by atoms with Crippen molar-refractivity contribution < 1.29 is 4.42 Å². The average molecular weight is 300 g/mol. The number of hydrogen-bond donors (Lipinski definition) is 1. The minimum absolute atomic E-state index is 0.269. The Balaban J connectivity index is 2.09. The topological polar surface area (TPSA) is 25.2 Å². The summed E-state index contributed by atoms with van der Waals surface area (Å²) in [5.41, 5.74) is 0. The first-order valence-corrected chi connectivity index (χ1v) is 6.96. The normalized spacial score (nSPS) is 12.9. The van der Waals surface area contributed by atoms with E-state index in [0.717, 1.165) is 23.2 Å². The molecule has 0 radical (unpaired) electrons. The fraction of sp³-hybridized carbons (Fsp3) is 0.333. The van der Waals surface area contributed by atoms with Crippen LogP contribution in [-0.2, 0) is 6.42 Å². The largest absolute Gasteiger partial charge is 0.468 e. The van der Waals surface area contributed by atoms with Gasteiger partial charge in [-0.25, -0.2) is 0 Å². The SMILES string of the molecule is CCNC(Cc1cc(Br)cs1)c1ccco1. The molecule has 2 heterocycles. The van der Waals surface area contributed by atoms with E-state index in [1.807, 2.05) is 12.1 Å². The lowest BCUT2D eigenvalue weighted by Gasteiger charge is -2.14. The maximum Gasteiger partial charge on any atom is 0.121 e. The summed E-state index contributed by atoms with van der Waals surface area (Å²) in [4.78, 5) is 1.36. The Bertz CT molecular complexity index is 424. The van der Waals surface area contributed by atoms with Crippen molar-refractivity contribution in [2.45, 2.75) is 19.4 Å². The van der Waals surface area contributed by atoms with Crippen LogP contribution >= 0.6 is 27.3 Å². The molecule has 16 heavy (non-hydrogen) atoms. The Kier molecular flexibility index (Phi) is 4.21. The molecular formula is C12H14BrNOS. The van der Waals surface area contributed by atoms with Crippen LogP contribution in [0.25, 0.3) is 0 Å². The molecule has 0 amide bonds. The van der Waals surface area contributed by atoms with Gasteiger partial charge in [-0.05, 0) is 40.7 Å². The Morgan fingerprint density at radius 3 is 3.00 bits per heavy atom. The van der Waals surface area contributed by atoms with Gasteiger partial charge in [-0.15, -0.1) is 11.3 Å². The van der Waals surface area contributed by atoms with Crippen molar-refractivity contribution in [3.05, 3.63) is 45.0 Å². The van der Waals surface area contributed by atoms with Crippen LogP contribution in [0, 0.1) is 0 Å². The summed E-state index contributed by atoms with van der Waals surface area (Å²) in [6.07, 6.45) is 2.70. The van der Waals surface area contributed by atoms with E-state index in [9.17, 15) is 0 Å². The fourth-order valence-corrected chi connectivity index (χ4v) is 3.17. The average Bonchev–Trinajstić information content (AvgIpc) is 2.88. The molecule has 0 fully saturated rings. The third-order valence-electron chi connectivity index (χ3n) is 2.36. The van der Waals surface area contributed by atoms with Crippen LogP contribution in [0.5, 0.6) is 0 Å². The lowest BCUT2D eigenvalue weighted by Crippen LogP contribution is -2.22. The summed E-state index contributed by atoms with van der Waals surface area (Å²) >= 11 is 5.25. The highest BCUT2D eigenvalue weighted by molar-refractivity contribution is 9.10. The first kappa shape index (κ1) is 11.9. The minimum Gasteiger partial charge on any atom is -0.468 e. The second-order valence-electron chi connectivity index (χ2n) is 3.56. The monoisotopic (exact) mass is 299 g/mol. The number of furan rings is 1. The highest BCUT2D eigenvalue weighted by Gasteiger charge is 2.14. The van der Waals surface area contributed by atoms with E-state index in [-0.39, 0.29) is 6.04 Å². The Morgan fingerprint density at radius 1 is 1.56 bits per heavy atom. The van der Waals surface area contributed by atoms with E-state index in [1.54, 1.807) is 17.6 Å². The summed E-state index contributed by atoms with van der Waals surface area (Å²) in [7, 11) is 0. The maximum atomic E-state index is 5.46. The van der Waals surface area contributed by atoms with Gasteiger partial charge >= 0.3 is 0 Å². The van der Waals surface area contributed by atoms with Crippen molar-refractivity contribution >= 4 is 27.3 Å². The molecule has 4 heteroatoms. The van der Waals surface area contributed by atoms with E-state index in [2.05, 4.69) is 39.6 Å². The molecular weight excluding hydrogens is 286 g/mol. The molecule has 0 bridgehead atoms. The van der Waals surface area contributed by atoms with Crippen LogP contribution in [0.4, 0.5) is 0 Å². The zero-order valence-electron chi connectivity index (χ0n) is 9.07. The molecule has 0 aliphatic heterocycles. The van der Waals surface area contributed by atoms with Gasteiger partial charge in [0.2, 0.25) is 0 Å². The molecule has 2 rings (SSSR count). The highest BCUT2D eigenvalue weighted by Crippen LogP contribution is 2.25. The summed E-state index contributed by atoms with van der Waals surface area (Å²) in [5, 5.41) is 5.55. The van der Waals surface area contributed by atoms with Gasteiger partial charge in [0.15, 0.2) is 0 Å². The molecule has 2 aromatic rings. The number of rotatable bonds is 5. The molecule has 0 saturated heterocycles. The quantitative estimate of drug-likeness (QED) is 0.903. The maximum absolute atomic E-state index is 5.46. The smallest absolute Gasteiger partial charge is 0.121 e. The second kappa shape index (κ2) is 5.66. The van der Waals surface area contributed by atoms with Gasteiger partial charge in [0.1, 0.15) is 5.76 Å². The van der Waals surface area contributed by atoms with E-state index >= 15 is 0 Å². The van der Waals surface area contributed by atoms with Gasteiger partial charge in [0.25, 0.3) is 0 Å². The first-order chi connectivity index (χ1) is 7.79. The molecule has 1 atom stereocenters. The lowest BCUT2D eigenvalue weighted by molar-refractivity contribution is 0.418. The van der Waals surface area contributed by atoms with Crippen molar-refractivity contribution in [2.24, 2.45) is 0 Å². The predicted molar refractivity (Wildman–Crippen MR) is 70.8 cm³/mol. The molecule has 1 unspecified atom stereocenters. The van der Waals surface area contributed by atoms with Crippen LogP contribution in [0.2, 0.25) is 0 Å². The van der Waals surface area contributed by atoms with Crippen LogP contribution in [0.3, 0.4) is 0 Å². The number of halogens is 1. The van der Waals surface area contributed by atoms with Crippen LogP contribution in [-0.4, -0.2) is 6.54 Å². The molecule has 2 nitrogen and oxygen atoms in total. The van der Waals surface area contributed by atoms with Crippen molar-refractivity contribution in [1.29, 1.82) is 0 Å². The van der Waals surface area contributed by atoms with Gasteiger partial charge in [-0.2, -0.15) is 0 Å². The number of thiophene rings is 1. The van der Waals surface area contributed by atoms with Crippen molar-refractivity contribution in [3.63, 3.8) is 0 Å². The van der Waals surface area contributed by atoms with Crippen molar-refractivity contribution in [3.8, 4) is 0 Å². The first-order valence-electron chi connectivity index (χ1n) is 5.29. The molecule has 1 N–H and O–H groups in total. The molecule has 0 aliphatic rings. The number of likely N-dealkylation sites (N-methyl/N-ethyl adjacent to an activating group) is 1. The van der Waals surface area contributed by atoms with E-state index < -0.39 is 0 Å². The van der Waals surface area contributed by atoms with Gasteiger partial charge < -0.3 is 9.73 Å². The summed E-state index contributed by atoms with van der Waals surface area (Å²) in [6, 6.07) is 6.39. The standard InChI is InChI=1S/C12H14BrNOS/c1-2-14-11(12-4-3-5-15-12)7-10-6-9(13)8-16-10/h3-6,8,11,14H,2,7H2,1H3. The fourth-order valence-electron chi connectivity index (χ4n) is 1.67. The molecule has 0 aromatic carbocycles. The Hall–Kier alpha value is -0.580. The number of nitrogens with one attached hydrogen (secondary N) is 1. The van der Waals surface area contributed by atoms with Crippen LogP contribution in [0.15, 0.2) is 38.7 Å². The number of hydrogen-bond acceptors (Lipinski definition) is 3. The summed E-state index contributed by atoms with van der Waals surface area (Å²) in [6.45, 7) is 3.05. The minimum atomic E-state index is 0.269. The zero-order chi connectivity index (χ0) is 11.4. The van der Waals surface area contributed by atoms with Crippen LogP contribution in [0.1, 0.15) is 23.6 Å². The van der Waals surface area contributed by atoms with E-state index in [4.69, 9.17) is 4.42 Å². The molecule has 0 aliphatic carbocycles. The van der Waals surface area contributed by atoms with Crippen LogP contribution < -0.4 is 5.32 Å².